The molecule has 0 atom stereocenters. The minimum atomic E-state index is -2.31. The van der Waals surface area contributed by atoms with Crippen molar-refractivity contribution in [3.63, 3.8) is 0 Å². The van der Waals surface area contributed by atoms with Crippen molar-refractivity contribution in [3.05, 3.63) is 22.2 Å². The zero-order chi connectivity index (χ0) is 19.8. The van der Waals surface area contributed by atoms with Gasteiger partial charge < -0.3 is 14.8 Å². The van der Waals surface area contributed by atoms with E-state index in [2.05, 4.69) is 21.2 Å². The van der Waals surface area contributed by atoms with Gasteiger partial charge in [0.25, 0.3) is 6.43 Å². The SMILES string of the molecule is CCOc1cc(Br)c(CC(=O)NC2CCN(CC(F)F)CC2)cc1OCC. The highest BCUT2D eigenvalue weighted by molar-refractivity contribution is 9.10. The maximum absolute atomic E-state index is 12.4. The number of nitrogens with zero attached hydrogens (tertiary/aromatic N) is 1. The number of benzene rings is 1. The lowest BCUT2D eigenvalue weighted by Crippen LogP contribution is -2.46. The van der Waals surface area contributed by atoms with Crippen LogP contribution in [0.5, 0.6) is 11.5 Å². The fourth-order valence-corrected chi connectivity index (χ4v) is 3.62. The summed E-state index contributed by atoms with van der Waals surface area (Å²) in [6, 6.07) is 3.67. The summed E-state index contributed by atoms with van der Waals surface area (Å²) in [5.74, 6) is 1.17. The molecule has 2 rings (SSSR count). The van der Waals surface area contributed by atoms with Crippen LogP contribution in [0.4, 0.5) is 8.78 Å². The molecule has 27 heavy (non-hydrogen) atoms. The van der Waals surface area contributed by atoms with Crippen molar-refractivity contribution in [2.24, 2.45) is 0 Å². The first-order valence-corrected chi connectivity index (χ1v) is 10.1. The van der Waals surface area contributed by atoms with Crippen molar-refractivity contribution in [3.8, 4) is 11.5 Å². The number of rotatable bonds is 9. The number of halogens is 3. The average molecular weight is 449 g/mol. The number of hydrogen-bond acceptors (Lipinski definition) is 4. The molecule has 1 fully saturated rings. The van der Waals surface area contributed by atoms with Crippen molar-refractivity contribution in [2.45, 2.75) is 45.6 Å². The molecule has 0 unspecified atom stereocenters. The van der Waals surface area contributed by atoms with Crippen molar-refractivity contribution < 1.29 is 23.0 Å². The molecular weight excluding hydrogens is 422 g/mol. The van der Waals surface area contributed by atoms with Crippen molar-refractivity contribution in [1.82, 2.24) is 10.2 Å². The summed E-state index contributed by atoms with van der Waals surface area (Å²) in [4.78, 5) is 14.2. The molecule has 0 aromatic heterocycles. The highest BCUT2D eigenvalue weighted by atomic mass is 79.9. The largest absolute Gasteiger partial charge is 0.490 e. The first-order valence-electron chi connectivity index (χ1n) is 9.30. The van der Waals surface area contributed by atoms with Gasteiger partial charge in [-0.25, -0.2) is 8.78 Å². The van der Waals surface area contributed by atoms with Crippen LogP contribution in [0.2, 0.25) is 0 Å². The highest BCUT2D eigenvalue weighted by Crippen LogP contribution is 2.34. The van der Waals surface area contributed by atoms with E-state index in [0.29, 0.717) is 50.6 Å². The Hall–Kier alpha value is -1.41. The Balaban J connectivity index is 1.92. The second kappa shape index (κ2) is 10.8. The van der Waals surface area contributed by atoms with Gasteiger partial charge in [0.2, 0.25) is 5.91 Å². The first kappa shape index (κ1) is 21.9. The quantitative estimate of drug-likeness (QED) is 0.626. The van der Waals surface area contributed by atoms with Crippen LogP contribution in [0.25, 0.3) is 0 Å². The van der Waals surface area contributed by atoms with Crippen molar-refractivity contribution >= 4 is 21.8 Å². The van der Waals surface area contributed by atoms with E-state index in [4.69, 9.17) is 9.47 Å². The standard InChI is InChI=1S/C19H27BrF2N2O3/c1-3-26-16-9-13(15(20)11-17(16)27-4-2)10-19(25)23-14-5-7-24(8-6-14)12-18(21)22/h9,11,14,18H,3-8,10,12H2,1-2H3,(H,23,25). The number of ether oxygens (including phenoxy) is 2. The second-order valence-corrected chi connectivity index (χ2v) is 7.32. The predicted octanol–water partition coefficient (Wildman–Crippen LogP) is 3.63. The van der Waals surface area contributed by atoms with Crippen LogP contribution >= 0.6 is 15.9 Å². The molecule has 0 spiro atoms. The molecule has 1 saturated heterocycles. The van der Waals surface area contributed by atoms with Crippen LogP contribution < -0.4 is 14.8 Å². The van der Waals surface area contributed by atoms with E-state index in [1.54, 1.807) is 4.90 Å². The predicted molar refractivity (Wildman–Crippen MR) is 104 cm³/mol. The Morgan fingerprint density at radius 3 is 2.37 bits per heavy atom. The monoisotopic (exact) mass is 448 g/mol. The number of amides is 1. The molecule has 1 N–H and O–H groups in total. The third-order valence-electron chi connectivity index (χ3n) is 4.41. The maximum Gasteiger partial charge on any atom is 0.251 e. The smallest absolute Gasteiger partial charge is 0.251 e. The molecular formula is C19H27BrF2N2O3. The zero-order valence-corrected chi connectivity index (χ0v) is 17.4. The van der Waals surface area contributed by atoms with Gasteiger partial charge in [0.05, 0.1) is 26.2 Å². The minimum absolute atomic E-state index is 0.0271. The average Bonchev–Trinajstić information content (AvgIpc) is 2.60. The van der Waals surface area contributed by atoms with E-state index in [1.807, 2.05) is 26.0 Å². The Morgan fingerprint density at radius 2 is 1.81 bits per heavy atom. The third kappa shape index (κ3) is 6.92. The number of nitrogens with one attached hydrogen (secondary N) is 1. The molecule has 0 radical (unpaired) electrons. The van der Waals surface area contributed by atoms with Gasteiger partial charge in [0.15, 0.2) is 11.5 Å². The maximum atomic E-state index is 12.4. The number of alkyl halides is 2. The topological polar surface area (TPSA) is 50.8 Å². The van der Waals surface area contributed by atoms with Gasteiger partial charge in [-0.1, -0.05) is 15.9 Å². The van der Waals surface area contributed by atoms with Gasteiger partial charge in [-0.05, 0) is 44.4 Å². The fraction of sp³-hybridized carbons (Fsp3) is 0.632. The van der Waals surface area contributed by atoms with Crippen molar-refractivity contribution in [1.29, 1.82) is 0 Å². The van der Waals surface area contributed by atoms with Gasteiger partial charge in [0.1, 0.15) is 0 Å². The van der Waals surface area contributed by atoms with Gasteiger partial charge >= 0.3 is 0 Å². The van der Waals surface area contributed by atoms with Crippen LogP contribution in [-0.4, -0.2) is 56.1 Å². The summed E-state index contributed by atoms with van der Waals surface area (Å²) >= 11 is 3.49. The van der Waals surface area contributed by atoms with Crippen LogP contribution in [0.1, 0.15) is 32.3 Å². The van der Waals surface area contributed by atoms with E-state index in [1.165, 1.54) is 0 Å². The minimum Gasteiger partial charge on any atom is -0.490 e. The van der Waals surface area contributed by atoms with Gasteiger partial charge in [-0.2, -0.15) is 0 Å². The van der Waals surface area contributed by atoms with Gasteiger partial charge in [0, 0.05) is 23.6 Å². The molecule has 0 bridgehead atoms. The normalized spacial score (nSPS) is 15.8. The lowest BCUT2D eigenvalue weighted by Gasteiger charge is -2.32. The van der Waals surface area contributed by atoms with E-state index >= 15 is 0 Å². The summed E-state index contributed by atoms with van der Waals surface area (Å²) in [7, 11) is 0. The summed E-state index contributed by atoms with van der Waals surface area (Å²) in [6.07, 6.45) is -0.725. The number of hydrogen-bond donors (Lipinski definition) is 1. The van der Waals surface area contributed by atoms with Crippen LogP contribution in [0.3, 0.4) is 0 Å². The summed E-state index contributed by atoms with van der Waals surface area (Å²) < 4.78 is 36.9. The number of likely N-dealkylation sites (tertiary alicyclic amines) is 1. The Labute approximate surface area is 167 Å². The fourth-order valence-electron chi connectivity index (χ4n) is 3.16. The Bertz CT molecular complexity index is 623. The van der Waals surface area contributed by atoms with Crippen molar-refractivity contribution in [2.75, 3.05) is 32.8 Å². The third-order valence-corrected chi connectivity index (χ3v) is 5.15. The molecule has 152 valence electrons. The van der Waals surface area contributed by atoms with E-state index in [0.717, 1.165) is 10.0 Å². The lowest BCUT2D eigenvalue weighted by atomic mass is 10.0. The lowest BCUT2D eigenvalue weighted by molar-refractivity contribution is -0.121. The second-order valence-electron chi connectivity index (χ2n) is 6.47. The van der Waals surface area contributed by atoms with E-state index in [9.17, 15) is 13.6 Å². The molecule has 0 saturated carbocycles. The molecule has 1 aromatic carbocycles. The summed E-state index contributed by atoms with van der Waals surface area (Å²) in [6.45, 7) is 5.79. The Kier molecular flexibility index (Phi) is 8.76. The van der Waals surface area contributed by atoms with Crippen LogP contribution in [-0.2, 0) is 11.2 Å². The number of piperidine rings is 1. The van der Waals surface area contributed by atoms with Gasteiger partial charge in [-0.3, -0.25) is 9.69 Å². The van der Waals surface area contributed by atoms with Gasteiger partial charge in [-0.15, -0.1) is 0 Å². The zero-order valence-electron chi connectivity index (χ0n) is 15.8. The first-order chi connectivity index (χ1) is 12.9. The molecule has 5 nitrogen and oxygen atoms in total. The Morgan fingerprint density at radius 1 is 1.22 bits per heavy atom. The highest BCUT2D eigenvalue weighted by Gasteiger charge is 2.23. The number of carbonyl (C=O) groups is 1. The summed E-state index contributed by atoms with van der Waals surface area (Å²) in [5, 5.41) is 3.01. The molecule has 0 aliphatic carbocycles. The van der Waals surface area contributed by atoms with Crippen LogP contribution in [0, 0.1) is 0 Å². The molecule has 1 amide bonds. The molecule has 1 aromatic rings. The van der Waals surface area contributed by atoms with Crippen LogP contribution in [0.15, 0.2) is 16.6 Å². The molecule has 8 heteroatoms. The molecule has 1 aliphatic rings. The summed E-state index contributed by atoms with van der Waals surface area (Å²) in [5.41, 5.74) is 0.814. The van der Waals surface area contributed by atoms with E-state index in [-0.39, 0.29) is 24.9 Å². The molecule has 1 heterocycles. The number of carbonyl (C=O) groups excluding carboxylic acids is 1. The van der Waals surface area contributed by atoms with E-state index < -0.39 is 6.43 Å². The molecule has 1 aliphatic heterocycles.